The van der Waals surface area contributed by atoms with E-state index in [-0.39, 0.29) is 0 Å². The van der Waals surface area contributed by atoms with E-state index in [2.05, 4.69) is 17.6 Å². The van der Waals surface area contributed by atoms with Crippen LogP contribution in [0.15, 0.2) is 30.8 Å². The van der Waals surface area contributed by atoms with Crippen molar-refractivity contribution in [3.63, 3.8) is 0 Å². The van der Waals surface area contributed by atoms with E-state index in [1.54, 1.807) is 11.3 Å². The number of fused-ring (bicyclic) bond motifs is 1. The first-order chi connectivity index (χ1) is 6.81. The summed E-state index contributed by atoms with van der Waals surface area (Å²) in [6, 6.07) is 8.04. The molecule has 0 radical (unpaired) electrons. The van der Waals surface area contributed by atoms with Crippen LogP contribution in [0.25, 0.3) is 16.0 Å². The fourth-order valence-corrected chi connectivity index (χ4v) is 2.12. The summed E-state index contributed by atoms with van der Waals surface area (Å²) in [5.74, 6) is 0.661. The van der Waals surface area contributed by atoms with E-state index in [0.29, 0.717) is 12.4 Å². The molecule has 0 saturated heterocycles. The van der Waals surface area contributed by atoms with Crippen LogP contribution in [0.1, 0.15) is 11.9 Å². The summed E-state index contributed by atoms with van der Waals surface area (Å²) in [5.41, 5.74) is 1.01. The van der Waals surface area contributed by atoms with Gasteiger partial charge in [0, 0.05) is 0 Å². The maximum atomic E-state index is 5.31. The molecule has 0 aliphatic carbocycles. The molecule has 0 aliphatic heterocycles. The lowest BCUT2D eigenvalue weighted by Crippen LogP contribution is -1.87. The Morgan fingerprint density at radius 1 is 1.50 bits per heavy atom. The summed E-state index contributed by atoms with van der Waals surface area (Å²) < 4.78 is 6.48. The van der Waals surface area contributed by atoms with Crippen molar-refractivity contribution in [2.24, 2.45) is 0 Å². The van der Waals surface area contributed by atoms with Crippen molar-refractivity contribution in [3.8, 4) is 0 Å². The number of thiazole rings is 1. The molecule has 0 N–H and O–H groups in total. The van der Waals surface area contributed by atoms with Gasteiger partial charge in [-0.15, -0.1) is 11.3 Å². The zero-order valence-corrected chi connectivity index (χ0v) is 8.80. The van der Waals surface area contributed by atoms with Crippen LogP contribution in [0.4, 0.5) is 0 Å². The minimum absolute atomic E-state index is 0.634. The minimum atomic E-state index is 0.634. The number of para-hydroxylation sites is 1. The summed E-state index contributed by atoms with van der Waals surface area (Å²) in [6.45, 7) is 6.41. The van der Waals surface area contributed by atoms with Crippen LogP contribution >= 0.6 is 11.3 Å². The Balaban J connectivity index is 2.40. The molecule has 2 rings (SSSR count). The molecule has 2 nitrogen and oxygen atoms in total. The average molecular weight is 205 g/mol. The van der Waals surface area contributed by atoms with Gasteiger partial charge in [0.05, 0.1) is 16.8 Å². The van der Waals surface area contributed by atoms with Crippen LogP contribution in [0.5, 0.6) is 0 Å². The Labute approximate surface area is 86.9 Å². The predicted molar refractivity (Wildman–Crippen MR) is 60.3 cm³/mol. The van der Waals surface area contributed by atoms with Crippen molar-refractivity contribution >= 4 is 27.3 Å². The highest BCUT2D eigenvalue weighted by molar-refractivity contribution is 7.19. The number of nitrogens with zero attached hydrogens (tertiary/aromatic N) is 1. The lowest BCUT2D eigenvalue weighted by Gasteiger charge is -2.00. The summed E-state index contributed by atoms with van der Waals surface area (Å²) in [5, 5.41) is 0.869. The molecule has 14 heavy (non-hydrogen) atoms. The monoisotopic (exact) mass is 205 g/mol. The van der Waals surface area contributed by atoms with Gasteiger partial charge in [-0.25, -0.2) is 4.98 Å². The summed E-state index contributed by atoms with van der Waals surface area (Å²) in [6.07, 6.45) is 0. The molecule has 1 heterocycles. The highest BCUT2D eigenvalue weighted by Gasteiger charge is 2.06. The smallest absolute Gasteiger partial charge is 0.158 e. The van der Waals surface area contributed by atoms with E-state index >= 15 is 0 Å². The van der Waals surface area contributed by atoms with Gasteiger partial charge >= 0.3 is 0 Å². The van der Waals surface area contributed by atoms with Crippen LogP contribution in [-0.2, 0) is 4.74 Å². The van der Waals surface area contributed by atoms with E-state index in [1.165, 1.54) is 4.70 Å². The fourth-order valence-electron chi connectivity index (χ4n) is 1.23. The Hall–Kier alpha value is -1.35. The van der Waals surface area contributed by atoms with Gasteiger partial charge in [-0.3, -0.25) is 0 Å². The molecule has 1 aromatic carbocycles. The summed E-state index contributed by atoms with van der Waals surface area (Å²) in [4.78, 5) is 4.43. The Kier molecular flexibility index (Phi) is 2.50. The molecular formula is C11H11NOS. The van der Waals surface area contributed by atoms with E-state index in [0.717, 1.165) is 10.5 Å². The number of benzene rings is 1. The van der Waals surface area contributed by atoms with E-state index < -0.39 is 0 Å². The molecule has 72 valence electrons. The van der Waals surface area contributed by atoms with Gasteiger partial charge < -0.3 is 4.74 Å². The van der Waals surface area contributed by atoms with Gasteiger partial charge in [0.25, 0.3) is 0 Å². The number of ether oxygens (including phenoxy) is 1. The van der Waals surface area contributed by atoms with E-state index in [4.69, 9.17) is 4.74 Å². The molecular weight excluding hydrogens is 194 g/mol. The number of aromatic nitrogens is 1. The van der Waals surface area contributed by atoms with Crippen LogP contribution in [0, 0.1) is 0 Å². The lowest BCUT2D eigenvalue weighted by atomic mass is 10.3. The first kappa shape index (κ1) is 9.21. The normalized spacial score (nSPS) is 10.4. The second kappa shape index (κ2) is 3.80. The highest BCUT2D eigenvalue weighted by atomic mass is 32.1. The van der Waals surface area contributed by atoms with Crippen molar-refractivity contribution < 1.29 is 4.74 Å². The van der Waals surface area contributed by atoms with Gasteiger partial charge in [0.15, 0.2) is 5.01 Å². The second-order valence-corrected chi connectivity index (χ2v) is 3.87. The predicted octanol–water partition coefficient (Wildman–Crippen LogP) is 3.30. The minimum Gasteiger partial charge on any atom is -0.491 e. The summed E-state index contributed by atoms with van der Waals surface area (Å²) in [7, 11) is 0. The van der Waals surface area contributed by atoms with Crippen LogP contribution < -0.4 is 0 Å². The van der Waals surface area contributed by atoms with Crippen molar-refractivity contribution in [3.05, 3.63) is 35.9 Å². The third-order valence-electron chi connectivity index (χ3n) is 1.85. The molecule has 0 unspecified atom stereocenters. The van der Waals surface area contributed by atoms with E-state index in [9.17, 15) is 0 Å². The number of hydrogen-bond donors (Lipinski definition) is 0. The molecule has 1 aromatic heterocycles. The number of rotatable bonds is 3. The van der Waals surface area contributed by atoms with Gasteiger partial charge in [0.2, 0.25) is 0 Å². The van der Waals surface area contributed by atoms with Crippen molar-refractivity contribution in [2.45, 2.75) is 6.92 Å². The van der Waals surface area contributed by atoms with E-state index in [1.807, 2.05) is 25.1 Å². The molecule has 3 heteroatoms. The van der Waals surface area contributed by atoms with Gasteiger partial charge in [-0.1, -0.05) is 18.7 Å². The first-order valence-corrected chi connectivity index (χ1v) is 5.30. The molecule has 0 fully saturated rings. The van der Waals surface area contributed by atoms with Crippen molar-refractivity contribution in [1.29, 1.82) is 0 Å². The highest BCUT2D eigenvalue weighted by Crippen LogP contribution is 2.26. The van der Waals surface area contributed by atoms with Crippen LogP contribution in [0.2, 0.25) is 0 Å². The fraction of sp³-hybridized carbons (Fsp3) is 0.182. The standard InChI is InChI=1S/C11H11NOS/c1-3-13-8(2)11-12-9-6-4-5-7-10(9)14-11/h4-7H,2-3H2,1H3. The quantitative estimate of drug-likeness (QED) is 0.717. The van der Waals surface area contributed by atoms with Crippen LogP contribution in [0.3, 0.4) is 0 Å². The maximum Gasteiger partial charge on any atom is 0.158 e. The Bertz CT molecular complexity index is 428. The zero-order valence-electron chi connectivity index (χ0n) is 7.99. The third-order valence-corrected chi connectivity index (χ3v) is 2.93. The lowest BCUT2D eigenvalue weighted by molar-refractivity contribution is 0.299. The first-order valence-electron chi connectivity index (χ1n) is 4.49. The molecule has 0 amide bonds. The Morgan fingerprint density at radius 3 is 3.00 bits per heavy atom. The van der Waals surface area contributed by atoms with Gasteiger partial charge in [-0.05, 0) is 19.1 Å². The number of hydrogen-bond acceptors (Lipinski definition) is 3. The van der Waals surface area contributed by atoms with Crippen molar-refractivity contribution in [1.82, 2.24) is 4.98 Å². The molecule has 0 aliphatic rings. The average Bonchev–Trinajstić information content (AvgIpc) is 2.61. The summed E-state index contributed by atoms with van der Waals surface area (Å²) >= 11 is 1.61. The second-order valence-electron chi connectivity index (χ2n) is 2.84. The zero-order chi connectivity index (χ0) is 9.97. The largest absolute Gasteiger partial charge is 0.491 e. The van der Waals surface area contributed by atoms with Gasteiger partial charge in [0.1, 0.15) is 5.76 Å². The van der Waals surface area contributed by atoms with Crippen LogP contribution in [-0.4, -0.2) is 11.6 Å². The molecule has 0 atom stereocenters. The molecule has 2 aromatic rings. The SMILES string of the molecule is C=C(OCC)c1nc2ccccc2s1. The van der Waals surface area contributed by atoms with Gasteiger partial charge in [-0.2, -0.15) is 0 Å². The Morgan fingerprint density at radius 2 is 2.29 bits per heavy atom. The molecule has 0 saturated carbocycles. The third kappa shape index (κ3) is 1.63. The molecule has 0 spiro atoms. The topological polar surface area (TPSA) is 22.1 Å². The van der Waals surface area contributed by atoms with Crippen molar-refractivity contribution in [2.75, 3.05) is 6.61 Å². The molecule has 0 bridgehead atoms. The maximum absolute atomic E-state index is 5.31.